The molecule has 0 aliphatic rings. The summed E-state index contributed by atoms with van der Waals surface area (Å²) in [5.41, 5.74) is 0.992. The van der Waals surface area contributed by atoms with Crippen LogP contribution in [0.25, 0.3) is 11.1 Å². The maximum absolute atomic E-state index is 11.0. The number of ether oxygens (including phenoxy) is 1. The Kier molecular flexibility index (Phi) is 2.14. The number of rotatable bonds is 2. The van der Waals surface area contributed by atoms with Crippen molar-refractivity contribution >= 4 is 17.1 Å². The third kappa shape index (κ3) is 1.44. The van der Waals surface area contributed by atoms with Gasteiger partial charge in [-0.3, -0.25) is 4.79 Å². The summed E-state index contributed by atoms with van der Waals surface area (Å²) in [5, 5.41) is 4.49. The third-order valence-electron chi connectivity index (χ3n) is 1.86. The van der Waals surface area contributed by atoms with Crippen LogP contribution in [0.3, 0.4) is 0 Å². The summed E-state index contributed by atoms with van der Waals surface area (Å²) in [6, 6.07) is 3.57. The first kappa shape index (κ1) is 8.68. The number of fused-ring (bicyclic) bond motifs is 1. The van der Waals surface area contributed by atoms with Crippen LogP contribution in [0, 0.1) is 0 Å². The highest BCUT2D eigenvalue weighted by Gasteiger charge is 2.12. The Morgan fingerprint density at radius 2 is 2.50 bits per heavy atom. The number of hydrogen-bond donors (Lipinski definition) is 0. The fraction of sp³-hybridized carbons (Fsp3) is 0.222. The summed E-state index contributed by atoms with van der Waals surface area (Å²) in [7, 11) is 1.34. The fourth-order valence-electron chi connectivity index (χ4n) is 1.17. The van der Waals surface area contributed by atoms with E-state index in [2.05, 4.69) is 14.9 Å². The third-order valence-corrected chi connectivity index (χ3v) is 1.86. The van der Waals surface area contributed by atoms with Crippen LogP contribution in [0.2, 0.25) is 0 Å². The van der Waals surface area contributed by atoms with Gasteiger partial charge in [0.2, 0.25) is 0 Å². The number of nitrogens with zero attached hydrogens (tertiary/aromatic N) is 2. The molecule has 0 aliphatic heterocycles. The second-order valence-corrected chi connectivity index (χ2v) is 2.74. The normalized spacial score (nSPS) is 10.4. The van der Waals surface area contributed by atoms with Crippen molar-refractivity contribution in [3.05, 3.63) is 24.0 Å². The molecule has 0 fully saturated rings. The zero-order valence-corrected chi connectivity index (χ0v) is 7.56. The molecule has 0 aromatic carbocycles. The van der Waals surface area contributed by atoms with E-state index in [1.54, 1.807) is 18.3 Å². The predicted molar refractivity (Wildman–Crippen MR) is 47.5 cm³/mol. The summed E-state index contributed by atoms with van der Waals surface area (Å²) < 4.78 is 9.46. The number of methoxy groups -OCH3 is 1. The van der Waals surface area contributed by atoms with Gasteiger partial charge in [-0.2, -0.15) is 0 Å². The van der Waals surface area contributed by atoms with Crippen molar-refractivity contribution in [1.29, 1.82) is 0 Å². The van der Waals surface area contributed by atoms with Gasteiger partial charge in [-0.15, -0.1) is 0 Å². The van der Waals surface area contributed by atoms with Gasteiger partial charge in [-0.05, 0) is 12.1 Å². The Morgan fingerprint density at radius 3 is 3.29 bits per heavy atom. The zero-order valence-electron chi connectivity index (χ0n) is 7.56. The molecule has 0 spiro atoms. The monoisotopic (exact) mass is 192 g/mol. The van der Waals surface area contributed by atoms with Gasteiger partial charge >= 0.3 is 5.97 Å². The molecule has 0 aliphatic carbocycles. The van der Waals surface area contributed by atoms with Crippen molar-refractivity contribution < 1.29 is 14.1 Å². The zero-order chi connectivity index (χ0) is 9.97. The second kappa shape index (κ2) is 3.45. The summed E-state index contributed by atoms with van der Waals surface area (Å²) in [5.74, 6) is -0.343. The van der Waals surface area contributed by atoms with Gasteiger partial charge in [0.1, 0.15) is 5.69 Å². The van der Waals surface area contributed by atoms with Crippen LogP contribution < -0.4 is 0 Å². The molecule has 0 amide bonds. The summed E-state index contributed by atoms with van der Waals surface area (Å²) in [4.78, 5) is 15.0. The van der Waals surface area contributed by atoms with Crippen molar-refractivity contribution in [1.82, 2.24) is 10.1 Å². The van der Waals surface area contributed by atoms with Gasteiger partial charge in [-0.1, -0.05) is 5.16 Å². The maximum Gasteiger partial charge on any atom is 0.311 e. The van der Waals surface area contributed by atoms with Gasteiger partial charge in [0.25, 0.3) is 5.71 Å². The van der Waals surface area contributed by atoms with Crippen LogP contribution >= 0.6 is 0 Å². The molecule has 0 atom stereocenters. The lowest BCUT2D eigenvalue weighted by Crippen LogP contribution is -2.04. The van der Waals surface area contributed by atoms with Crippen molar-refractivity contribution in [3.63, 3.8) is 0 Å². The van der Waals surface area contributed by atoms with Crippen LogP contribution in [0.15, 0.2) is 22.9 Å². The first-order chi connectivity index (χ1) is 6.81. The number of hydrogen-bond acceptors (Lipinski definition) is 5. The first-order valence-electron chi connectivity index (χ1n) is 4.07. The van der Waals surface area contributed by atoms with E-state index in [9.17, 15) is 4.79 Å². The van der Waals surface area contributed by atoms with Crippen LogP contribution in [-0.2, 0) is 16.0 Å². The molecule has 0 bridgehead atoms. The average Bonchev–Trinajstić information content (AvgIpc) is 2.62. The standard InChI is InChI=1S/C9H8N2O3/c1-13-8(12)5-7-6-3-2-4-10-9(6)14-11-7/h2-4H,5H2,1H3. The van der Waals surface area contributed by atoms with E-state index in [0.717, 1.165) is 5.39 Å². The molecule has 5 nitrogen and oxygen atoms in total. The molecule has 0 unspecified atom stereocenters. The van der Waals surface area contributed by atoms with Gasteiger partial charge in [0.05, 0.1) is 18.9 Å². The lowest BCUT2D eigenvalue weighted by molar-refractivity contribution is -0.139. The highest BCUT2D eigenvalue weighted by atomic mass is 16.5. The van der Waals surface area contributed by atoms with Crippen LogP contribution in [0.4, 0.5) is 0 Å². The molecule has 2 heterocycles. The van der Waals surface area contributed by atoms with Gasteiger partial charge < -0.3 is 9.26 Å². The lowest BCUT2D eigenvalue weighted by Gasteiger charge is -1.94. The summed E-state index contributed by atoms with van der Waals surface area (Å²) >= 11 is 0. The molecule has 0 saturated heterocycles. The largest absolute Gasteiger partial charge is 0.469 e. The summed E-state index contributed by atoms with van der Waals surface area (Å²) in [6.45, 7) is 0. The van der Waals surface area contributed by atoms with Crippen molar-refractivity contribution in [2.45, 2.75) is 6.42 Å². The Balaban J connectivity index is 2.38. The topological polar surface area (TPSA) is 65.2 Å². The fourth-order valence-corrected chi connectivity index (χ4v) is 1.17. The van der Waals surface area contributed by atoms with E-state index >= 15 is 0 Å². The minimum absolute atomic E-state index is 0.106. The van der Waals surface area contributed by atoms with E-state index < -0.39 is 0 Å². The van der Waals surface area contributed by atoms with Crippen LogP contribution in [0.5, 0.6) is 0 Å². The average molecular weight is 192 g/mol. The molecule has 14 heavy (non-hydrogen) atoms. The molecule has 2 aromatic rings. The first-order valence-corrected chi connectivity index (χ1v) is 4.07. The van der Waals surface area contributed by atoms with Crippen molar-refractivity contribution in [2.75, 3.05) is 7.11 Å². The summed E-state index contributed by atoms with van der Waals surface area (Å²) in [6.07, 6.45) is 1.71. The Morgan fingerprint density at radius 1 is 1.64 bits per heavy atom. The Hall–Kier alpha value is -1.91. The molecule has 5 heteroatoms. The highest BCUT2D eigenvalue weighted by molar-refractivity contribution is 5.81. The van der Waals surface area contributed by atoms with Crippen LogP contribution in [-0.4, -0.2) is 23.2 Å². The van der Waals surface area contributed by atoms with Crippen LogP contribution in [0.1, 0.15) is 5.69 Å². The van der Waals surface area contributed by atoms with Gasteiger partial charge in [-0.25, -0.2) is 4.98 Å². The van der Waals surface area contributed by atoms with Crippen molar-refractivity contribution in [3.8, 4) is 0 Å². The molecular weight excluding hydrogens is 184 g/mol. The SMILES string of the molecule is COC(=O)Cc1noc2ncccc12. The van der Waals surface area contributed by atoms with E-state index in [0.29, 0.717) is 11.4 Å². The number of carbonyl (C=O) groups is 1. The molecule has 72 valence electrons. The second-order valence-electron chi connectivity index (χ2n) is 2.74. The number of carbonyl (C=O) groups excluding carboxylic acids is 1. The molecule has 2 aromatic heterocycles. The molecule has 0 saturated carbocycles. The minimum Gasteiger partial charge on any atom is -0.469 e. The number of esters is 1. The maximum atomic E-state index is 11.0. The minimum atomic E-state index is -0.343. The van der Waals surface area contributed by atoms with Gasteiger partial charge in [0.15, 0.2) is 0 Å². The highest BCUT2D eigenvalue weighted by Crippen LogP contribution is 2.15. The Labute approximate surface area is 79.7 Å². The molecule has 0 N–H and O–H groups in total. The lowest BCUT2D eigenvalue weighted by atomic mass is 10.2. The van der Waals surface area contributed by atoms with Crippen molar-refractivity contribution in [2.24, 2.45) is 0 Å². The number of aromatic nitrogens is 2. The molecule has 0 radical (unpaired) electrons. The predicted octanol–water partition coefficient (Wildman–Crippen LogP) is 0.938. The van der Waals surface area contributed by atoms with E-state index in [4.69, 9.17) is 4.52 Å². The quantitative estimate of drug-likeness (QED) is 0.662. The molecule has 2 rings (SSSR count). The van der Waals surface area contributed by atoms with Gasteiger partial charge in [0, 0.05) is 6.20 Å². The van der Waals surface area contributed by atoms with E-state index in [1.807, 2.05) is 0 Å². The molecular formula is C9H8N2O3. The number of pyridine rings is 1. The smallest absolute Gasteiger partial charge is 0.311 e. The van der Waals surface area contributed by atoms with E-state index in [-0.39, 0.29) is 12.4 Å². The van der Waals surface area contributed by atoms with E-state index in [1.165, 1.54) is 7.11 Å². The Bertz CT molecular complexity index is 464.